The number of nitrogens with one attached hydrogen (secondary N) is 2. The summed E-state index contributed by atoms with van der Waals surface area (Å²) < 4.78 is 5.51. The predicted molar refractivity (Wildman–Crippen MR) is 180 cm³/mol. The molecule has 1 aliphatic heterocycles. The van der Waals surface area contributed by atoms with E-state index >= 15 is 0 Å². The highest BCUT2D eigenvalue weighted by Crippen LogP contribution is 2.35. The van der Waals surface area contributed by atoms with Gasteiger partial charge in [-0.05, 0) is 67.0 Å². The number of pyridine rings is 1. The van der Waals surface area contributed by atoms with Crippen LogP contribution < -0.4 is 15.4 Å². The number of aliphatic hydroxyl groups is 1. The Morgan fingerprint density at radius 3 is 2.59 bits per heavy atom. The van der Waals surface area contributed by atoms with Crippen LogP contribution >= 0.6 is 11.3 Å². The minimum absolute atomic E-state index is 0.0868. The standard InChI is InChI=1S/C36H43N5O4S/c1-23(2)29-13-26(18-37-20-29)19-38-21-33(42)31(14-25-9-6-5-7-10-25)40-34(43)27-15-28(17-30(16-27)45-4)36(44)41-12-8-11-32(41)35-39-24(3)22-46-35/h5-7,9-10,13,15-18,20,22-23,31-33,38,42H,8,11-12,14,19,21H2,1-4H3,(H,40,43). The molecule has 46 heavy (non-hydrogen) atoms. The molecule has 2 aromatic carbocycles. The van der Waals surface area contributed by atoms with Crippen LogP contribution in [0, 0.1) is 6.92 Å². The van der Waals surface area contributed by atoms with E-state index in [-0.39, 0.29) is 18.5 Å². The first-order valence-corrected chi connectivity index (χ1v) is 16.7. The number of ether oxygens (including phenoxy) is 1. The van der Waals surface area contributed by atoms with Crippen molar-refractivity contribution in [2.75, 3.05) is 20.2 Å². The number of rotatable bonds is 13. The number of amides is 2. The topological polar surface area (TPSA) is 117 Å². The summed E-state index contributed by atoms with van der Waals surface area (Å²) in [5.41, 5.74) is 4.78. The number of thiazole rings is 1. The number of hydrogen-bond donors (Lipinski definition) is 3. The second kappa shape index (κ2) is 15.4. The van der Waals surface area contributed by atoms with Crippen molar-refractivity contribution < 1.29 is 19.4 Å². The highest BCUT2D eigenvalue weighted by molar-refractivity contribution is 7.09. The van der Waals surface area contributed by atoms with Crippen molar-refractivity contribution in [2.24, 2.45) is 0 Å². The fourth-order valence-corrected chi connectivity index (χ4v) is 6.70. The van der Waals surface area contributed by atoms with E-state index in [1.54, 1.807) is 29.5 Å². The van der Waals surface area contributed by atoms with E-state index in [2.05, 4.69) is 40.5 Å². The number of aliphatic hydroxyl groups excluding tert-OH is 1. The highest BCUT2D eigenvalue weighted by atomic mass is 32.1. The van der Waals surface area contributed by atoms with Crippen molar-refractivity contribution in [3.63, 3.8) is 0 Å². The molecule has 3 atom stereocenters. The number of nitrogens with zero attached hydrogens (tertiary/aromatic N) is 3. The summed E-state index contributed by atoms with van der Waals surface area (Å²) in [4.78, 5) is 38.4. The van der Waals surface area contributed by atoms with Gasteiger partial charge in [0.1, 0.15) is 10.8 Å². The average Bonchev–Trinajstić information content (AvgIpc) is 3.73. The molecule has 3 N–H and O–H groups in total. The van der Waals surface area contributed by atoms with Gasteiger partial charge >= 0.3 is 0 Å². The van der Waals surface area contributed by atoms with Gasteiger partial charge in [0.25, 0.3) is 11.8 Å². The molecule has 242 valence electrons. The molecule has 1 fully saturated rings. The van der Waals surface area contributed by atoms with E-state index in [9.17, 15) is 14.7 Å². The van der Waals surface area contributed by atoms with E-state index in [0.717, 1.165) is 40.2 Å². The number of benzene rings is 2. The summed E-state index contributed by atoms with van der Waals surface area (Å²) in [5.74, 6) is 0.227. The summed E-state index contributed by atoms with van der Waals surface area (Å²) in [6.07, 6.45) is 4.97. The van der Waals surface area contributed by atoms with E-state index < -0.39 is 18.1 Å². The first-order valence-electron chi connectivity index (χ1n) is 15.8. The molecule has 0 aliphatic carbocycles. The smallest absolute Gasteiger partial charge is 0.254 e. The Labute approximate surface area is 275 Å². The number of aromatic nitrogens is 2. The van der Waals surface area contributed by atoms with Gasteiger partial charge in [0.05, 0.1) is 25.3 Å². The number of carbonyl (C=O) groups is 2. The molecule has 2 amide bonds. The lowest BCUT2D eigenvalue weighted by molar-refractivity contribution is 0.0735. The number of methoxy groups -OCH3 is 1. The van der Waals surface area contributed by atoms with E-state index in [1.807, 2.05) is 59.9 Å². The van der Waals surface area contributed by atoms with Gasteiger partial charge in [-0.25, -0.2) is 4.98 Å². The maximum absolute atomic E-state index is 13.8. The van der Waals surface area contributed by atoms with Gasteiger partial charge in [-0.1, -0.05) is 50.2 Å². The minimum atomic E-state index is -0.885. The second-order valence-electron chi connectivity index (χ2n) is 12.2. The van der Waals surface area contributed by atoms with Crippen molar-refractivity contribution in [1.29, 1.82) is 0 Å². The lowest BCUT2D eigenvalue weighted by atomic mass is 10.00. The fourth-order valence-electron chi connectivity index (χ4n) is 5.76. The van der Waals surface area contributed by atoms with Crippen molar-refractivity contribution in [2.45, 2.75) is 70.7 Å². The normalized spacial score (nSPS) is 16.0. The number of carbonyl (C=O) groups excluding carboxylic acids is 2. The van der Waals surface area contributed by atoms with Gasteiger partial charge < -0.3 is 25.4 Å². The molecule has 1 aliphatic rings. The second-order valence-corrected chi connectivity index (χ2v) is 13.1. The summed E-state index contributed by atoms with van der Waals surface area (Å²) >= 11 is 1.57. The Balaban J connectivity index is 1.32. The third-order valence-electron chi connectivity index (χ3n) is 8.33. The fraction of sp³-hybridized carbons (Fsp3) is 0.389. The molecule has 3 heterocycles. The molecule has 9 nitrogen and oxygen atoms in total. The Bertz CT molecular complexity index is 1630. The Hall–Kier alpha value is -4.12. The number of aryl methyl sites for hydroxylation is 1. The minimum Gasteiger partial charge on any atom is -0.497 e. The number of hydrogen-bond acceptors (Lipinski definition) is 8. The average molecular weight is 642 g/mol. The Morgan fingerprint density at radius 1 is 1.09 bits per heavy atom. The van der Waals surface area contributed by atoms with Gasteiger partial charge in [-0.2, -0.15) is 0 Å². The SMILES string of the molecule is COc1cc(C(=O)NC(Cc2ccccc2)C(O)CNCc2cncc(C(C)C)c2)cc(C(=O)N2CCCC2c2nc(C)cs2)c1. The van der Waals surface area contributed by atoms with Crippen LogP contribution in [0.25, 0.3) is 0 Å². The first kappa shape index (κ1) is 33.2. The molecule has 0 bridgehead atoms. The van der Waals surface area contributed by atoms with Crippen molar-refractivity contribution in [3.8, 4) is 5.75 Å². The Morgan fingerprint density at radius 2 is 1.87 bits per heavy atom. The van der Waals surface area contributed by atoms with Crippen molar-refractivity contribution >= 4 is 23.2 Å². The van der Waals surface area contributed by atoms with Gasteiger partial charge in [-0.3, -0.25) is 14.6 Å². The largest absolute Gasteiger partial charge is 0.497 e. The van der Waals surface area contributed by atoms with Crippen LogP contribution in [0.5, 0.6) is 5.75 Å². The summed E-state index contributed by atoms with van der Waals surface area (Å²) in [5, 5.41) is 20.6. The maximum atomic E-state index is 13.8. The van der Waals surface area contributed by atoms with E-state index in [0.29, 0.717) is 42.3 Å². The van der Waals surface area contributed by atoms with Crippen LogP contribution in [0.1, 0.15) is 86.8 Å². The Kier molecular flexibility index (Phi) is 11.2. The zero-order valence-electron chi connectivity index (χ0n) is 26.9. The summed E-state index contributed by atoms with van der Waals surface area (Å²) in [6.45, 7) is 7.63. The molecule has 2 aromatic heterocycles. The van der Waals surface area contributed by atoms with Crippen molar-refractivity contribution in [3.05, 3.63) is 111 Å². The summed E-state index contributed by atoms with van der Waals surface area (Å²) in [7, 11) is 1.52. The van der Waals surface area contributed by atoms with Crippen LogP contribution in [0.4, 0.5) is 0 Å². The zero-order valence-corrected chi connectivity index (χ0v) is 27.7. The molecular weight excluding hydrogens is 598 g/mol. The molecule has 5 rings (SSSR count). The molecule has 0 radical (unpaired) electrons. The maximum Gasteiger partial charge on any atom is 0.254 e. The lowest BCUT2D eigenvalue weighted by Crippen LogP contribution is -2.48. The van der Waals surface area contributed by atoms with Crippen LogP contribution in [-0.2, 0) is 13.0 Å². The highest BCUT2D eigenvalue weighted by Gasteiger charge is 2.33. The molecule has 0 saturated carbocycles. The van der Waals surface area contributed by atoms with E-state index in [1.165, 1.54) is 7.11 Å². The third-order valence-corrected chi connectivity index (χ3v) is 9.40. The van der Waals surface area contributed by atoms with Gasteiger partial charge in [0.2, 0.25) is 0 Å². The first-order chi connectivity index (χ1) is 22.2. The van der Waals surface area contributed by atoms with Crippen LogP contribution in [0.2, 0.25) is 0 Å². The van der Waals surface area contributed by atoms with Gasteiger partial charge in [-0.15, -0.1) is 11.3 Å². The predicted octanol–water partition coefficient (Wildman–Crippen LogP) is 5.45. The molecule has 3 unspecified atom stereocenters. The van der Waals surface area contributed by atoms with Gasteiger partial charge in [0.15, 0.2) is 0 Å². The van der Waals surface area contributed by atoms with Crippen LogP contribution in [0.15, 0.2) is 72.4 Å². The molecule has 10 heteroatoms. The summed E-state index contributed by atoms with van der Waals surface area (Å²) in [6, 6.07) is 16.1. The monoisotopic (exact) mass is 641 g/mol. The van der Waals surface area contributed by atoms with Gasteiger partial charge in [0, 0.05) is 54.2 Å². The molecule has 4 aromatic rings. The van der Waals surface area contributed by atoms with Crippen molar-refractivity contribution in [1.82, 2.24) is 25.5 Å². The lowest BCUT2D eigenvalue weighted by Gasteiger charge is -2.26. The van der Waals surface area contributed by atoms with Crippen LogP contribution in [-0.4, -0.2) is 64.1 Å². The molecular formula is C36H43N5O4S. The quantitative estimate of drug-likeness (QED) is 0.178. The number of likely N-dealkylation sites (tertiary alicyclic amines) is 1. The third kappa shape index (κ3) is 8.37. The van der Waals surface area contributed by atoms with E-state index in [4.69, 9.17) is 4.74 Å². The molecule has 0 spiro atoms. The zero-order chi connectivity index (χ0) is 32.6. The molecule has 1 saturated heterocycles. The van der Waals surface area contributed by atoms with Crippen LogP contribution in [0.3, 0.4) is 0 Å².